The Labute approximate surface area is 118 Å². The van der Waals surface area contributed by atoms with Crippen LogP contribution >= 0.6 is 0 Å². The van der Waals surface area contributed by atoms with E-state index >= 15 is 0 Å². The Morgan fingerprint density at radius 2 is 1.58 bits per heavy atom. The van der Waals surface area contributed by atoms with Crippen molar-refractivity contribution >= 4 is 7.12 Å². The first-order valence-corrected chi connectivity index (χ1v) is 7.30. The Balaban J connectivity index is 0.000000344. The van der Waals surface area contributed by atoms with Gasteiger partial charge in [0.1, 0.15) is 0 Å². The summed E-state index contributed by atoms with van der Waals surface area (Å²) in [7, 11) is -1.08. The Morgan fingerprint density at radius 3 is 1.84 bits per heavy atom. The van der Waals surface area contributed by atoms with E-state index in [4.69, 9.17) is 20.3 Å². The molecule has 0 aromatic carbocycles. The van der Waals surface area contributed by atoms with Crippen molar-refractivity contribution in [3.05, 3.63) is 0 Å². The van der Waals surface area contributed by atoms with Gasteiger partial charge in [0.15, 0.2) is 0 Å². The second-order valence-corrected chi connectivity index (χ2v) is 7.03. The second-order valence-electron chi connectivity index (χ2n) is 7.03. The van der Waals surface area contributed by atoms with Gasteiger partial charge in [0.05, 0.1) is 12.7 Å². The highest BCUT2D eigenvalue weighted by atomic mass is 16.4. The van der Waals surface area contributed by atoms with E-state index in [0.717, 1.165) is 31.6 Å². The zero-order chi connectivity index (χ0) is 15.1. The van der Waals surface area contributed by atoms with Crippen molar-refractivity contribution in [3.8, 4) is 0 Å². The summed E-state index contributed by atoms with van der Waals surface area (Å²) < 4.78 is 0. The molecular weight excluding hydrogens is 243 g/mol. The van der Waals surface area contributed by atoms with E-state index in [0.29, 0.717) is 6.42 Å². The maximum Gasteiger partial charge on any atom is 0.454 e. The van der Waals surface area contributed by atoms with Crippen LogP contribution in [0.1, 0.15) is 59.8 Å². The minimum atomic E-state index is -1.08. The lowest BCUT2D eigenvalue weighted by Gasteiger charge is -2.24. The van der Waals surface area contributed by atoms with Crippen LogP contribution in [0.3, 0.4) is 0 Å². The summed E-state index contributed by atoms with van der Waals surface area (Å²) in [5.74, 6) is 0.936. The number of aliphatic hydroxyl groups excluding tert-OH is 2. The van der Waals surface area contributed by atoms with E-state index in [-0.39, 0.29) is 17.8 Å². The summed E-state index contributed by atoms with van der Waals surface area (Å²) in [5.41, 5.74) is 0.113. The van der Waals surface area contributed by atoms with Crippen molar-refractivity contribution in [2.75, 3.05) is 6.61 Å². The molecule has 1 atom stereocenters. The van der Waals surface area contributed by atoms with Crippen molar-refractivity contribution in [1.82, 2.24) is 0 Å². The van der Waals surface area contributed by atoms with Gasteiger partial charge in [-0.15, -0.1) is 0 Å². The first-order chi connectivity index (χ1) is 8.65. The molecule has 114 valence electrons. The molecular formula is C14H31BO4. The number of hydrogen-bond acceptors (Lipinski definition) is 4. The molecule has 1 fully saturated rings. The molecule has 1 aliphatic rings. The minimum Gasteiger partial charge on any atom is -0.427 e. The maximum atomic E-state index is 8.94. The van der Waals surface area contributed by atoms with E-state index in [1.54, 1.807) is 0 Å². The predicted octanol–water partition coefficient (Wildman–Crippen LogP) is 1.82. The highest BCUT2D eigenvalue weighted by molar-refractivity contribution is 6.43. The van der Waals surface area contributed by atoms with Gasteiger partial charge in [-0.3, -0.25) is 0 Å². The van der Waals surface area contributed by atoms with Crippen LogP contribution in [-0.4, -0.2) is 40.1 Å². The number of aliphatic hydroxyl groups is 2. The molecule has 4 N–H and O–H groups in total. The Hall–Kier alpha value is -0.0951. The van der Waals surface area contributed by atoms with Crippen LogP contribution in [0, 0.1) is 11.3 Å². The summed E-state index contributed by atoms with van der Waals surface area (Å²) in [5, 5.41) is 35.0. The van der Waals surface area contributed by atoms with Gasteiger partial charge in [0.2, 0.25) is 0 Å². The van der Waals surface area contributed by atoms with Gasteiger partial charge >= 0.3 is 7.12 Å². The first kappa shape index (κ1) is 18.9. The summed E-state index contributed by atoms with van der Waals surface area (Å²) in [6, 6.07) is 0. The first-order valence-electron chi connectivity index (χ1n) is 7.30. The van der Waals surface area contributed by atoms with Gasteiger partial charge in [0, 0.05) is 0 Å². The highest BCUT2D eigenvalue weighted by Gasteiger charge is 2.27. The van der Waals surface area contributed by atoms with E-state index in [9.17, 15) is 0 Å². The van der Waals surface area contributed by atoms with Crippen molar-refractivity contribution < 1.29 is 20.3 Å². The fraction of sp³-hybridized carbons (Fsp3) is 1.00. The molecule has 1 rings (SSSR count). The number of hydrogen-bond donors (Lipinski definition) is 4. The normalized spacial score (nSPS) is 25.3. The lowest BCUT2D eigenvalue weighted by atomic mass is 9.63. The molecule has 0 saturated heterocycles. The standard InChI is InChI=1S/C7H15BO2.C7H16O2/c1-6-2-4-7(5-3-6)8(9)10;1-7(2,3)4-6(9)5-8/h6-7,9-10H,2-5H2,1H3;6,8-9H,4-5H2,1-3H3. The molecule has 1 aliphatic carbocycles. The molecule has 0 amide bonds. The second kappa shape index (κ2) is 8.95. The van der Waals surface area contributed by atoms with E-state index in [1.807, 2.05) is 20.8 Å². The molecule has 0 heterocycles. The Bertz CT molecular complexity index is 220. The van der Waals surface area contributed by atoms with Crippen molar-refractivity contribution in [2.45, 2.75) is 71.7 Å². The third-order valence-corrected chi connectivity index (χ3v) is 3.54. The summed E-state index contributed by atoms with van der Waals surface area (Å²) in [6.07, 6.45) is 4.39. The van der Waals surface area contributed by atoms with E-state index < -0.39 is 13.2 Å². The highest BCUT2D eigenvalue weighted by Crippen LogP contribution is 2.32. The average molecular weight is 274 g/mol. The van der Waals surface area contributed by atoms with Gasteiger partial charge in [-0.1, -0.05) is 53.4 Å². The van der Waals surface area contributed by atoms with Crippen LogP contribution in [0.15, 0.2) is 0 Å². The number of rotatable bonds is 3. The van der Waals surface area contributed by atoms with E-state index in [1.165, 1.54) is 0 Å². The van der Waals surface area contributed by atoms with Gasteiger partial charge < -0.3 is 20.3 Å². The van der Waals surface area contributed by atoms with Crippen LogP contribution < -0.4 is 0 Å². The molecule has 0 aliphatic heterocycles. The van der Waals surface area contributed by atoms with Crippen molar-refractivity contribution in [2.24, 2.45) is 11.3 Å². The van der Waals surface area contributed by atoms with Crippen LogP contribution in [0.4, 0.5) is 0 Å². The van der Waals surface area contributed by atoms with Crippen molar-refractivity contribution in [3.63, 3.8) is 0 Å². The quantitative estimate of drug-likeness (QED) is 0.592. The van der Waals surface area contributed by atoms with Gasteiger partial charge in [-0.25, -0.2) is 0 Å². The Morgan fingerprint density at radius 1 is 1.11 bits per heavy atom. The third kappa shape index (κ3) is 10.4. The third-order valence-electron chi connectivity index (χ3n) is 3.54. The van der Waals surface area contributed by atoms with Gasteiger partial charge in [-0.05, 0) is 23.6 Å². The smallest absolute Gasteiger partial charge is 0.427 e. The molecule has 0 spiro atoms. The molecule has 0 aromatic heterocycles. The average Bonchev–Trinajstić information content (AvgIpc) is 2.28. The maximum absolute atomic E-state index is 8.94. The molecule has 0 radical (unpaired) electrons. The summed E-state index contributed by atoms with van der Waals surface area (Å²) >= 11 is 0. The molecule has 1 saturated carbocycles. The molecule has 5 heteroatoms. The summed E-state index contributed by atoms with van der Waals surface area (Å²) in [4.78, 5) is 0. The lowest BCUT2D eigenvalue weighted by molar-refractivity contribution is 0.0612. The van der Waals surface area contributed by atoms with Crippen molar-refractivity contribution in [1.29, 1.82) is 0 Å². The topological polar surface area (TPSA) is 80.9 Å². The zero-order valence-electron chi connectivity index (χ0n) is 12.8. The van der Waals surface area contributed by atoms with E-state index in [2.05, 4.69) is 6.92 Å². The fourth-order valence-electron chi connectivity index (χ4n) is 2.36. The van der Waals surface area contributed by atoms with Gasteiger partial charge in [-0.2, -0.15) is 0 Å². The lowest BCUT2D eigenvalue weighted by Crippen LogP contribution is -2.24. The summed E-state index contributed by atoms with van der Waals surface area (Å²) in [6.45, 7) is 8.20. The predicted molar refractivity (Wildman–Crippen MR) is 78.7 cm³/mol. The molecule has 4 nitrogen and oxygen atoms in total. The van der Waals surface area contributed by atoms with Crippen LogP contribution in [0.25, 0.3) is 0 Å². The molecule has 0 aromatic rings. The van der Waals surface area contributed by atoms with Crippen LogP contribution in [0.5, 0.6) is 0 Å². The largest absolute Gasteiger partial charge is 0.454 e. The zero-order valence-corrected chi connectivity index (χ0v) is 12.8. The minimum absolute atomic E-state index is 0.113. The van der Waals surface area contributed by atoms with Crippen LogP contribution in [0.2, 0.25) is 5.82 Å². The van der Waals surface area contributed by atoms with Crippen LogP contribution in [-0.2, 0) is 0 Å². The monoisotopic (exact) mass is 274 g/mol. The van der Waals surface area contributed by atoms with Gasteiger partial charge in [0.25, 0.3) is 0 Å². The fourth-order valence-corrected chi connectivity index (χ4v) is 2.36. The molecule has 0 bridgehead atoms. The molecule has 1 unspecified atom stereocenters. The Kier molecular flexibility index (Phi) is 8.91. The molecule has 19 heavy (non-hydrogen) atoms. The SMILES string of the molecule is CC(C)(C)CC(O)CO.CC1CCC(B(O)O)CC1.